The van der Waals surface area contributed by atoms with Crippen molar-refractivity contribution in [2.45, 2.75) is 52.2 Å². The number of carbonyl (C=O) groups is 1. The van der Waals surface area contributed by atoms with Crippen LogP contribution in [0.4, 0.5) is 0 Å². The Bertz CT molecular complexity index is 246. The van der Waals surface area contributed by atoms with Crippen molar-refractivity contribution in [3.63, 3.8) is 0 Å². The lowest BCUT2D eigenvalue weighted by Crippen LogP contribution is -2.49. The third-order valence-corrected chi connectivity index (χ3v) is 2.90. The number of hydrogen-bond acceptors (Lipinski definition) is 3. The van der Waals surface area contributed by atoms with Gasteiger partial charge in [-0.15, -0.1) is 0 Å². The van der Waals surface area contributed by atoms with E-state index in [1.807, 2.05) is 11.8 Å². The lowest BCUT2D eigenvalue weighted by Gasteiger charge is -2.33. The van der Waals surface area contributed by atoms with Crippen molar-refractivity contribution in [2.75, 3.05) is 26.2 Å². The topological polar surface area (TPSA) is 41.6 Å². The average Bonchev–Trinajstić information content (AvgIpc) is 2.26. The summed E-state index contributed by atoms with van der Waals surface area (Å²) in [5.74, 6) is 0.185. The minimum Gasteiger partial charge on any atom is -0.377 e. The van der Waals surface area contributed by atoms with E-state index in [9.17, 15) is 4.79 Å². The Morgan fingerprint density at radius 3 is 2.76 bits per heavy atom. The Hall–Kier alpha value is -0.610. The highest BCUT2D eigenvalue weighted by atomic mass is 16.5. The second kappa shape index (κ2) is 6.36. The first-order chi connectivity index (χ1) is 7.92. The molecule has 1 unspecified atom stereocenters. The Labute approximate surface area is 105 Å². The van der Waals surface area contributed by atoms with Gasteiger partial charge >= 0.3 is 0 Å². The normalized spacial score (nSPS) is 21.6. The molecule has 0 saturated carbocycles. The van der Waals surface area contributed by atoms with Crippen LogP contribution in [0.25, 0.3) is 0 Å². The zero-order valence-corrected chi connectivity index (χ0v) is 11.6. The number of carbonyl (C=O) groups excluding carboxylic acids is 1. The van der Waals surface area contributed by atoms with Crippen molar-refractivity contribution in [1.29, 1.82) is 0 Å². The number of likely N-dealkylation sites (tertiary alicyclic amines) is 1. The van der Waals surface area contributed by atoms with Crippen molar-refractivity contribution in [3.05, 3.63) is 0 Å². The van der Waals surface area contributed by atoms with Gasteiger partial charge in [0.05, 0.1) is 12.6 Å². The number of nitrogens with zero attached hydrogens (tertiary/aromatic N) is 1. The van der Waals surface area contributed by atoms with E-state index in [0.29, 0.717) is 6.54 Å². The first-order valence-corrected chi connectivity index (χ1v) is 6.57. The van der Waals surface area contributed by atoms with Gasteiger partial charge in [0.2, 0.25) is 5.91 Å². The second-order valence-electron chi connectivity index (χ2n) is 5.66. The number of ether oxygens (including phenoxy) is 1. The number of piperidine rings is 1. The summed E-state index contributed by atoms with van der Waals surface area (Å²) in [5.41, 5.74) is -0.00916. The third-order valence-electron chi connectivity index (χ3n) is 2.90. The summed E-state index contributed by atoms with van der Waals surface area (Å²) < 4.78 is 5.59. The van der Waals surface area contributed by atoms with Gasteiger partial charge in [0.15, 0.2) is 0 Å². The van der Waals surface area contributed by atoms with Gasteiger partial charge in [-0.05, 0) is 40.5 Å². The standard InChI is InChI=1S/C13H26N2O2/c1-5-17-11-7-6-8-15(10-11)12(16)9-14-13(2,3)4/h11,14H,5-10H2,1-4H3. The predicted molar refractivity (Wildman–Crippen MR) is 69.0 cm³/mol. The minimum absolute atomic E-state index is 0.00916. The van der Waals surface area contributed by atoms with Gasteiger partial charge in [0, 0.05) is 25.2 Å². The molecule has 17 heavy (non-hydrogen) atoms. The predicted octanol–water partition coefficient (Wildman–Crippen LogP) is 1.40. The van der Waals surface area contributed by atoms with Gasteiger partial charge in [-0.2, -0.15) is 0 Å². The first-order valence-electron chi connectivity index (χ1n) is 6.57. The Balaban J connectivity index is 2.36. The van der Waals surface area contributed by atoms with Gasteiger partial charge in [-0.25, -0.2) is 0 Å². The van der Waals surface area contributed by atoms with Gasteiger partial charge in [-0.1, -0.05) is 0 Å². The quantitative estimate of drug-likeness (QED) is 0.810. The van der Waals surface area contributed by atoms with Crippen LogP contribution in [0.15, 0.2) is 0 Å². The van der Waals surface area contributed by atoms with E-state index in [1.54, 1.807) is 0 Å². The molecule has 0 aromatic heterocycles. The lowest BCUT2D eigenvalue weighted by atomic mass is 10.1. The van der Waals surface area contributed by atoms with E-state index in [0.717, 1.165) is 32.5 Å². The highest BCUT2D eigenvalue weighted by Crippen LogP contribution is 2.13. The number of hydrogen-bond donors (Lipinski definition) is 1. The van der Waals surface area contributed by atoms with Crippen LogP contribution in [-0.2, 0) is 9.53 Å². The van der Waals surface area contributed by atoms with Crippen LogP contribution in [0.5, 0.6) is 0 Å². The molecular weight excluding hydrogens is 216 g/mol. The van der Waals surface area contributed by atoms with Crippen LogP contribution >= 0.6 is 0 Å². The monoisotopic (exact) mass is 242 g/mol. The largest absolute Gasteiger partial charge is 0.377 e. The minimum atomic E-state index is -0.00916. The molecule has 0 aliphatic carbocycles. The van der Waals surface area contributed by atoms with Gasteiger partial charge in [-0.3, -0.25) is 4.79 Å². The van der Waals surface area contributed by atoms with Crippen LogP contribution in [0.3, 0.4) is 0 Å². The number of nitrogens with one attached hydrogen (secondary N) is 1. The van der Waals surface area contributed by atoms with Crippen LogP contribution in [0, 0.1) is 0 Å². The maximum Gasteiger partial charge on any atom is 0.236 e. The second-order valence-corrected chi connectivity index (χ2v) is 5.66. The fourth-order valence-corrected chi connectivity index (χ4v) is 1.99. The van der Waals surface area contributed by atoms with Crippen LogP contribution < -0.4 is 5.32 Å². The van der Waals surface area contributed by atoms with Crippen LogP contribution in [0.1, 0.15) is 40.5 Å². The Morgan fingerprint density at radius 1 is 1.47 bits per heavy atom. The fourth-order valence-electron chi connectivity index (χ4n) is 1.99. The summed E-state index contributed by atoms with van der Waals surface area (Å²) >= 11 is 0. The van der Waals surface area contributed by atoms with E-state index < -0.39 is 0 Å². The number of amides is 1. The molecule has 0 bridgehead atoms. The molecule has 1 N–H and O–H groups in total. The zero-order valence-electron chi connectivity index (χ0n) is 11.6. The van der Waals surface area contributed by atoms with Gasteiger partial charge in [0.25, 0.3) is 0 Å². The molecule has 1 rings (SSSR count). The average molecular weight is 242 g/mol. The molecule has 1 aliphatic rings. The molecule has 4 nitrogen and oxygen atoms in total. The maximum absolute atomic E-state index is 12.0. The smallest absolute Gasteiger partial charge is 0.236 e. The third kappa shape index (κ3) is 5.50. The van der Waals surface area contributed by atoms with Gasteiger partial charge in [0.1, 0.15) is 0 Å². The molecule has 1 atom stereocenters. The van der Waals surface area contributed by atoms with Crippen molar-refractivity contribution >= 4 is 5.91 Å². The maximum atomic E-state index is 12.0. The van der Waals surface area contributed by atoms with E-state index in [2.05, 4.69) is 26.1 Å². The molecule has 0 aromatic rings. The van der Waals surface area contributed by atoms with Crippen molar-refractivity contribution in [3.8, 4) is 0 Å². The molecule has 0 radical (unpaired) electrons. The summed E-state index contributed by atoms with van der Waals surface area (Å²) in [6, 6.07) is 0. The zero-order chi connectivity index (χ0) is 12.9. The molecule has 0 aromatic carbocycles. The highest BCUT2D eigenvalue weighted by Gasteiger charge is 2.24. The van der Waals surface area contributed by atoms with E-state index in [1.165, 1.54) is 0 Å². The SMILES string of the molecule is CCOC1CCCN(C(=O)CNC(C)(C)C)C1. The molecule has 1 amide bonds. The van der Waals surface area contributed by atoms with E-state index in [-0.39, 0.29) is 17.6 Å². The van der Waals surface area contributed by atoms with Crippen LogP contribution in [-0.4, -0.2) is 48.7 Å². The summed E-state index contributed by atoms with van der Waals surface area (Å²) in [6.45, 7) is 11.0. The van der Waals surface area contributed by atoms with Crippen molar-refractivity contribution in [1.82, 2.24) is 10.2 Å². The summed E-state index contributed by atoms with van der Waals surface area (Å²) in [5, 5.41) is 3.23. The molecule has 1 aliphatic heterocycles. The van der Waals surface area contributed by atoms with Crippen LogP contribution in [0.2, 0.25) is 0 Å². The Kier molecular flexibility index (Phi) is 5.40. The van der Waals surface area contributed by atoms with E-state index in [4.69, 9.17) is 4.74 Å². The van der Waals surface area contributed by atoms with Crippen molar-refractivity contribution < 1.29 is 9.53 Å². The summed E-state index contributed by atoms with van der Waals surface area (Å²) in [7, 11) is 0. The summed E-state index contributed by atoms with van der Waals surface area (Å²) in [4.78, 5) is 13.9. The first kappa shape index (κ1) is 14.5. The molecule has 100 valence electrons. The lowest BCUT2D eigenvalue weighted by molar-refractivity contribution is -0.134. The summed E-state index contributed by atoms with van der Waals surface area (Å²) in [6.07, 6.45) is 2.35. The Morgan fingerprint density at radius 2 is 2.18 bits per heavy atom. The van der Waals surface area contributed by atoms with E-state index >= 15 is 0 Å². The molecule has 1 fully saturated rings. The molecule has 0 spiro atoms. The van der Waals surface area contributed by atoms with Gasteiger partial charge < -0.3 is 15.0 Å². The highest BCUT2D eigenvalue weighted by molar-refractivity contribution is 5.78. The molecular formula is C13H26N2O2. The number of rotatable bonds is 4. The van der Waals surface area contributed by atoms with Crippen molar-refractivity contribution in [2.24, 2.45) is 0 Å². The molecule has 1 saturated heterocycles. The molecule has 4 heteroatoms. The fraction of sp³-hybridized carbons (Fsp3) is 0.923. The molecule has 1 heterocycles.